The van der Waals surface area contributed by atoms with Gasteiger partial charge in [0.05, 0.1) is 22.3 Å². The summed E-state index contributed by atoms with van der Waals surface area (Å²) in [6.07, 6.45) is 2.74. The minimum absolute atomic E-state index is 0.141. The fraction of sp³-hybridized carbons (Fsp3) is 0.500. The molecule has 1 unspecified atom stereocenters. The molecule has 7 heteroatoms. The Balaban J connectivity index is 1.84. The molecule has 6 nitrogen and oxygen atoms in total. The van der Waals surface area contributed by atoms with Crippen molar-refractivity contribution in [3.63, 3.8) is 0 Å². The maximum atomic E-state index is 11.6. The standard InChI is InChI=1S/C12H16N2O4S/c15-12(16)9-3-4-10(14-6-9)7-13-8-11-2-1-5-19(11,17)18/h3-4,6,11,13H,1-2,5,7-8H2,(H,15,16). The van der Waals surface area contributed by atoms with E-state index in [2.05, 4.69) is 10.3 Å². The molecule has 0 aromatic carbocycles. The van der Waals surface area contributed by atoms with Crippen LogP contribution in [0.3, 0.4) is 0 Å². The van der Waals surface area contributed by atoms with Gasteiger partial charge in [-0.1, -0.05) is 0 Å². The summed E-state index contributed by atoms with van der Waals surface area (Å²) in [6.45, 7) is 0.858. The van der Waals surface area contributed by atoms with Crippen LogP contribution in [-0.2, 0) is 16.4 Å². The monoisotopic (exact) mass is 284 g/mol. The summed E-state index contributed by atoms with van der Waals surface area (Å²) in [5.74, 6) is -0.727. The molecule has 0 radical (unpaired) electrons. The normalized spacial score (nSPS) is 21.4. The summed E-state index contributed by atoms with van der Waals surface area (Å²) in [4.78, 5) is 14.7. The summed E-state index contributed by atoms with van der Waals surface area (Å²) in [5, 5.41) is 11.5. The first-order valence-electron chi connectivity index (χ1n) is 6.09. The number of sulfone groups is 1. The lowest BCUT2D eigenvalue weighted by Crippen LogP contribution is -2.30. The van der Waals surface area contributed by atoms with E-state index in [0.717, 1.165) is 6.42 Å². The van der Waals surface area contributed by atoms with Crippen molar-refractivity contribution in [1.29, 1.82) is 0 Å². The highest BCUT2D eigenvalue weighted by Crippen LogP contribution is 2.19. The van der Waals surface area contributed by atoms with Crippen LogP contribution in [-0.4, -0.2) is 42.0 Å². The van der Waals surface area contributed by atoms with E-state index in [1.54, 1.807) is 6.07 Å². The summed E-state index contributed by atoms with van der Waals surface area (Å²) < 4.78 is 23.2. The van der Waals surface area contributed by atoms with Crippen LogP contribution in [0.1, 0.15) is 28.9 Å². The van der Waals surface area contributed by atoms with Crippen LogP contribution in [0, 0.1) is 0 Å². The molecule has 19 heavy (non-hydrogen) atoms. The number of aromatic nitrogens is 1. The third kappa shape index (κ3) is 3.51. The molecule has 2 N–H and O–H groups in total. The average Bonchev–Trinajstić information content (AvgIpc) is 2.69. The molecular formula is C12H16N2O4S. The number of pyridine rings is 1. The van der Waals surface area contributed by atoms with Crippen molar-refractivity contribution < 1.29 is 18.3 Å². The van der Waals surface area contributed by atoms with E-state index < -0.39 is 15.8 Å². The third-order valence-electron chi connectivity index (χ3n) is 3.21. The van der Waals surface area contributed by atoms with Crippen LogP contribution in [0.2, 0.25) is 0 Å². The first-order valence-corrected chi connectivity index (χ1v) is 7.81. The number of nitrogens with zero attached hydrogens (tertiary/aromatic N) is 1. The van der Waals surface area contributed by atoms with Crippen molar-refractivity contribution >= 4 is 15.8 Å². The molecule has 0 spiro atoms. The first-order chi connectivity index (χ1) is 8.99. The highest BCUT2D eigenvalue weighted by Gasteiger charge is 2.30. The highest BCUT2D eigenvalue weighted by molar-refractivity contribution is 7.92. The molecule has 0 saturated carbocycles. The molecule has 0 bridgehead atoms. The maximum Gasteiger partial charge on any atom is 0.337 e. The van der Waals surface area contributed by atoms with Crippen LogP contribution in [0.4, 0.5) is 0 Å². The van der Waals surface area contributed by atoms with Crippen molar-refractivity contribution in [2.45, 2.75) is 24.6 Å². The van der Waals surface area contributed by atoms with Gasteiger partial charge in [0.25, 0.3) is 0 Å². The Morgan fingerprint density at radius 2 is 2.26 bits per heavy atom. The van der Waals surface area contributed by atoms with Gasteiger partial charge in [0.15, 0.2) is 9.84 Å². The summed E-state index contributed by atoms with van der Waals surface area (Å²) in [5.41, 5.74) is 0.836. The zero-order valence-corrected chi connectivity index (χ0v) is 11.2. The molecule has 2 rings (SSSR count). The van der Waals surface area contributed by atoms with Crippen LogP contribution in [0.15, 0.2) is 18.3 Å². The van der Waals surface area contributed by atoms with Gasteiger partial charge in [-0.15, -0.1) is 0 Å². The van der Waals surface area contributed by atoms with Crippen LogP contribution < -0.4 is 5.32 Å². The maximum absolute atomic E-state index is 11.6. The number of hydrogen-bond acceptors (Lipinski definition) is 5. The number of aromatic carboxylic acids is 1. The molecule has 1 atom stereocenters. The van der Waals surface area contributed by atoms with Gasteiger partial charge in [0, 0.05) is 19.3 Å². The first kappa shape index (κ1) is 14.0. The number of rotatable bonds is 5. The Bertz CT molecular complexity index is 554. The van der Waals surface area contributed by atoms with Crippen molar-refractivity contribution in [1.82, 2.24) is 10.3 Å². The van der Waals surface area contributed by atoms with Crippen molar-refractivity contribution in [2.75, 3.05) is 12.3 Å². The highest BCUT2D eigenvalue weighted by atomic mass is 32.2. The SMILES string of the molecule is O=C(O)c1ccc(CNCC2CCCS2(=O)=O)nc1. The van der Waals surface area contributed by atoms with Crippen LogP contribution in [0.25, 0.3) is 0 Å². The molecule has 1 fully saturated rings. The summed E-state index contributed by atoms with van der Waals surface area (Å²) >= 11 is 0. The molecule has 1 aromatic heterocycles. The number of hydrogen-bond donors (Lipinski definition) is 2. The second-order valence-electron chi connectivity index (χ2n) is 4.61. The second-order valence-corrected chi connectivity index (χ2v) is 7.01. The van der Waals surface area contributed by atoms with Crippen molar-refractivity contribution in [2.24, 2.45) is 0 Å². The van der Waals surface area contributed by atoms with Gasteiger partial charge >= 0.3 is 5.97 Å². The van der Waals surface area contributed by atoms with Crippen molar-refractivity contribution in [3.8, 4) is 0 Å². The fourth-order valence-corrected chi connectivity index (χ4v) is 3.90. The molecule has 2 heterocycles. The summed E-state index contributed by atoms with van der Waals surface area (Å²) in [6, 6.07) is 3.11. The van der Waals surface area contributed by atoms with Gasteiger partial charge in [0.1, 0.15) is 0 Å². The zero-order chi connectivity index (χ0) is 13.9. The Labute approximate surface area is 111 Å². The fourth-order valence-electron chi connectivity index (χ4n) is 2.10. The lowest BCUT2D eigenvalue weighted by Gasteiger charge is -2.10. The zero-order valence-electron chi connectivity index (χ0n) is 10.4. The van der Waals surface area contributed by atoms with Gasteiger partial charge in [-0.05, 0) is 25.0 Å². The Morgan fingerprint density at radius 3 is 2.79 bits per heavy atom. The Hall–Kier alpha value is -1.47. The Kier molecular flexibility index (Phi) is 4.16. The predicted molar refractivity (Wildman–Crippen MR) is 69.7 cm³/mol. The van der Waals surface area contributed by atoms with Gasteiger partial charge in [-0.3, -0.25) is 4.98 Å². The summed E-state index contributed by atoms with van der Waals surface area (Å²) in [7, 11) is -2.92. The van der Waals surface area contributed by atoms with Crippen LogP contribution >= 0.6 is 0 Å². The number of carbonyl (C=O) groups is 1. The largest absolute Gasteiger partial charge is 0.478 e. The number of carboxylic acid groups (broad SMARTS) is 1. The number of carboxylic acids is 1. The molecule has 1 aliphatic rings. The van der Waals surface area contributed by atoms with E-state index >= 15 is 0 Å². The van der Waals surface area contributed by atoms with Crippen LogP contribution in [0.5, 0.6) is 0 Å². The van der Waals surface area contributed by atoms with Crippen molar-refractivity contribution in [3.05, 3.63) is 29.6 Å². The molecule has 1 aromatic rings. The predicted octanol–water partition coefficient (Wildman–Crippen LogP) is 0.447. The van der Waals surface area contributed by atoms with Gasteiger partial charge in [0.2, 0.25) is 0 Å². The van der Waals surface area contributed by atoms with E-state index in [1.165, 1.54) is 12.3 Å². The molecule has 1 aliphatic heterocycles. The molecular weight excluding hydrogens is 268 g/mol. The second kappa shape index (κ2) is 5.66. The Morgan fingerprint density at radius 1 is 1.47 bits per heavy atom. The topological polar surface area (TPSA) is 96.4 Å². The quantitative estimate of drug-likeness (QED) is 0.814. The lowest BCUT2D eigenvalue weighted by molar-refractivity contribution is 0.0696. The minimum Gasteiger partial charge on any atom is -0.478 e. The van der Waals surface area contributed by atoms with E-state index in [-0.39, 0.29) is 16.6 Å². The van der Waals surface area contributed by atoms with Gasteiger partial charge < -0.3 is 10.4 Å². The number of nitrogens with one attached hydrogen (secondary N) is 1. The molecule has 104 valence electrons. The molecule has 1 saturated heterocycles. The molecule has 0 aliphatic carbocycles. The lowest BCUT2D eigenvalue weighted by atomic mass is 10.2. The average molecular weight is 284 g/mol. The van der Waals surface area contributed by atoms with E-state index in [4.69, 9.17) is 5.11 Å². The van der Waals surface area contributed by atoms with E-state index in [1.807, 2.05) is 0 Å². The third-order valence-corrected chi connectivity index (χ3v) is 5.49. The van der Waals surface area contributed by atoms with E-state index in [9.17, 15) is 13.2 Å². The minimum atomic E-state index is -2.92. The van der Waals surface area contributed by atoms with Gasteiger partial charge in [-0.2, -0.15) is 0 Å². The van der Waals surface area contributed by atoms with E-state index in [0.29, 0.717) is 25.2 Å². The smallest absolute Gasteiger partial charge is 0.337 e. The van der Waals surface area contributed by atoms with Gasteiger partial charge in [-0.25, -0.2) is 13.2 Å². The molecule has 0 amide bonds.